The predicted octanol–water partition coefficient (Wildman–Crippen LogP) is 1.72. The van der Waals surface area contributed by atoms with Crippen LogP contribution in [-0.2, 0) is 4.74 Å². The summed E-state index contributed by atoms with van der Waals surface area (Å²) in [7, 11) is 0. The molecule has 0 aliphatic heterocycles. The maximum Gasteiger partial charge on any atom is 0.419 e. The summed E-state index contributed by atoms with van der Waals surface area (Å²) in [4.78, 5) is 15.4. The molecule has 84 valence electrons. The number of hydrogen-bond donors (Lipinski definition) is 1. The van der Waals surface area contributed by atoms with E-state index < -0.39 is 17.8 Å². The van der Waals surface area contributed by atoms with E-state index in [-0.39, 0.29) is 0 Å². The molecule has 5 heteroatoms. The number of nitrogens with zero attached hydrogens (tertiary/aromatic N) is 2. The predicted molar refractivity (Wildman–Crippen MR) is 54.5 cm³/mol. The van der Waals surface area contributed by atoms with Crippen molar-refractivity contribution in [3.05, 3.63) is 18.2 Å². The molecule has 1 aromatic heterocycles. The number of carbonyl (C=O) groups excluding carboxylic acids is 1. The minimum atomic E-state index is -0.686. The molecule has 1 rings (SSSR count). The van der Waals surface area contributed by atoms with Gasteiger partial charge in [0.2, 0.25) is 0 Å². The van der Waals surface area contributed by atoms with Crippen molar-refractivity contribution in [1.29, 1.82) is 0 Å². The third kappa shape index (κ3) is 3.36. The molecule has 0 saturated heterocycles. The van der Waals surface area contributed by atoms with E-state index >= 15 is 0 Å². The van der Waals surface area contributed by atoms with E-state index in [1.54, 1.807) is 27.7 Å². The number of aromatic nitrogens is 2. The van der Waals surface area contributed by atoms with Gasteiger partial charge in [-0.3, -0.25) is 0 Å². The summed E-state index contributed by atoms with van der Waals surface area (Å²) in [6.07, 6.45) is 1.60. The van der Waals surface area contributed by atoms with Gasteiger partial charge in [-0.1, -0.05) is 0 Å². The van der Waals surface area contributed by atoms with Crippen molar-refractivity contribution < 1.29 is 14.6 Å². The average Bonchev–Trinajstić information content (AvgIpc) is 2.47. The largest absolute Gasteiger partial charge is 0.443 e. The number of imidazole rings is 1. The summed E-state index contributed by atoms with van der Waals surface area (Å²) in [6, 6.07) is 0. The van der Waals surface area contributed by atoms with Gasteiger partial charge in [0.1, 0.15) is 11.9 Å². The molecule has 1 heterocycles. The third-order valence-corrected chi connectivity index (χ3v) is 1.63. The van der Waals surface area contributed by atoms with Crippen molar-refractivity contribution in [2.24, 2.45) is 0 Å². The van der Waals surface area contributed by atoms with Gasteiger partial charge >= 0.3 is 6.09 Å². The summed E-state index contributed by atoms with van der Waals surface area (Å²) < 4.78 is 6.33. The SMILES string of the molecule is C[C@H](O)c1cn(C(=O)OC(C)(C)C)cn1. The molecule has 0 fully saturated rings. The molecule has 0 amide bonds. The maximum atomic E-state index is 11.5. The quantitative estimate of drug-likeness (QED) is 0.769. The van der Waals surface area contributed by atoms with Crippen LogP contribution in [0.2, 0.25) is 0 Å². The first-order valence-electron chi connectivity index (χ1n) is 4.75. The minimum Gasteiger partial charge on any atom is -0.443 e. The molecule has 1 N–H and O–H groups in total. The van der Waals surface area contributed by atoms with Crippen molar-refractivity contribution in [1.82, 2.24) is 9.55 Å². The number of rotatable bonds is 1. The van der Waals surface area contributed by atoms with Crippen molar-refractivity contribution >= 4 is 6.09 Å². The fraction of sp³-hybridized carbons (Fsp3) is 0.600. The van der Waals surface area contributed by atoms with Gasteiger partial charge in [0.05, 0.1) is 11.8 Å². The first-order chi connectivity index (χ1) is 6.79. The highest BCUT2D eigenvalue weighted by atomic mass is 16.6. The highest BCUT2D eigenvalue weighted by Gasteiger charge is 2.18. The van der Waals surface area contributed by atoms with Gasteiger partial charge in [0.25, 0.3) is 0 Å². The van der Waals surface area contributed by atoms with Crippen molar-refractivity contribution in [2.75, 3.05) is 0 Å². The van der Waals surface area contributed by atoms with Gasteiger partial charge < -0.3 is 9.84 Å². The Labute approximate surface area is 88.7 Å². The Balaban J connectivity index is 2.75. The molecule has 0 aromatic carbocycles. The van der Waals surface area contributed by atoms with Crippen LogP contribution in [0.1, 0.15) is 39.5 Å². The van der Waals surface area contributed by atoms with E-state index in [4.69, 9.17) is 4.74 Å². The number of carbonyl (C=O) groups is 1. The monoisotopic (exact) mass is 212 g/mol. The summed E-state index contributed by atoms with van der Waals surface area (Å²) in [6.45, 7) is 6.95. The highest BCUT2D eigenvalue weighted by molar-refractivity contribution is 5.70. The van der Waals surface area contributed by atoms with Crippen LogP contribution in [0.4, 0.5) is 4.79 Å². The van der Waals surface area contributed by atoms with Gasteiger partial charge in [-0.05, 0) is 27.7 Å². The third-order valence-electron chi connectivity index (χ3n) is 1.63. The number of aliphatic hydroxyl groups is 1. The molecule has 0 aliphatic rings. The van der Waals surface area contributed by atoms with Crippen LogP contribution in [0.15, 0.2) is 12.5 Å². The number of aliphatic hydroxyl groups excluding tert-OH is 1. The Bertz CT molecular complexity index is 350. The van der Waals surface area contributed by atoms with Gasteiger partial charge in [0, 0.05) is 6.20 Å². The van der Waals surface area contributed by atoms with Crippen LogP contribution >= 0.6 is 0 Å². The van der Waals surface area contributed by atoms with E-state index in [1.165, 1.54) is 17.1 Å². The minimum absolute atomic E-state index is 0.445. The van der Waals surface area contributed by atoms with Crippen molar-refractivity contribution in [2.45, 2.75) is 39.4 Å². The number of ether oxygens (including phenoxy) is 1. The fourth-order valence-electron chi connectivity index (χ4n) is 0.968. The zero-order valence-electron chi connectivity index (χ0n) is 9.39. The molecular weight excluding hydrogens is 196 g/mol. The highest BCUT2D eigenvalue weighted by Crippen LogP contribution is 2.11. The van der Waals surface area contributed by atoms with Crippen LogP contribution in [-0.4, -0.2) is 26.4 Å². The first kappa shape index (κ1) is 11.7. The molecule has 0 saturated carbocycles. The van der Waals surface area contributed by atoms with Gasteiger partial charge in [-0.2, -0.15) is 0 Å². The van der Waals surface area contributed by atoms with Crippen LogP contribution in [0.25, 0.3) is 0 Å². The molecule has 0 bridgehead atoms. The Hall–Kier alpha value is -1.36. The van der Waals surface area contributed by atoms with E-state index in [0.29, 0.717) is 5.69 Å². The van der Waals surface area contributed by atoms with E-state index in [0.717, 1.165) is 0 Å². The summed E-state index contributed by atoms with van der Waals surface area (Å²) >= 11 is 0. The van der Waals surface area contributed by atoms with Gasteiger partial charge in [-0.15, -0.1) is 0 Å². The molecule has 0 radical (unpaired) electrons. The van der Waals surface area contributed by atoms with Gasteiger partial charge in [0.15, 0.2) is 0 Å². The molecule has 0 unspecified atom stereocenters. The van der Waals surface area contributed by atoms with E-state index in [9.17, 15) is 9.90 Å². The zero-order valence-corrected chi connectivity index (χ0v) is 9.39. The molecule has 0 spiro atoms. The van der Waals surface area contributed by atoms with Crippen LogP contribution in [0, 0.1) is 0 Å². The molecule has 1 atom stereocenters. The summed E-state index contributed by atoms with van der Waals surface area (Å²) in [5.74, 6) is 0. The lowest BCUT2D eigenvalue weighted by Gasteiger charge is -2.19. The molecule has 0 aliphatic carbocycles. The Morgan fingerprint density at radius 1 is 1.60 bits per heavy atom. The second kappa shape index (κ2) is 4.02. The van der Waals surface area contributed by atoms with Crippen LogP contribution in [0.5, 0.6) is 0 Å². The smallest absolute Gasteiger partial charge is 0.419 e. The topological polar surface area (TPSA) is 64.4 Å². The average molecular weight is 212 g/mol. The Kier molecular flexibility index (Phi) is 3.14. The standard InChI is InChI=1S/C10H16N2O3/c1-7(13)8-5-12(6-11-8)9(14)15-10(2,3)4/h5-7,13H,1-4H3/t7-/m0/s1. The zero-order chi connectivity index (χ0) is 11.6. The summed E-state index contributed by atoms with van der Waals surface area (Å²) in [5, 5.41) is 9.22. The van der Waals surface area contributed by atoms with Crippen LogP contribution < -0.4 is 0 Å². The van der Waals surface area contributed by atoms with Crippen LogP contribution in [0.3, 0.4) is 0 Å². The number of hydrogen-bond acceptors (Lipinski definition) is 4. The van der Waals surface area contributed by atoms with Gasteiger partial charge in [-0.25, -0.2) is 14.3 Å². The van der Waals surface area contributed by atoms with Crippen molar-refractivity contribution in [3.63, 3.8) is 0 Å². The normalized spacial score (nSPS) is 13.7. The molecule has 15 heavy (non-hydrogen) atoms. The lowest BCUT2D eigenvalue weighted by atomic mass is 10.2. The lowest BCUT2D eigenvalue weighted by molar-refractivity contribution is 0.0536. The van der Waals surface area contributed by atoms with E-state index in [2.05, 4.69) is 4.98 Å². The molecule has 1 aromatic rings. The summed E-state index contributed by atoms with van der Waals surface area (Å²) in [5.41, 5.74) is -0.0901. The molecular formula is C10H16N2O3. The van der Waals surface area contributed by atoms with Crippen molar-refractivity contribution in [3.8, 4) is 0 Å². The Morgan fingerprint density at radius 2 is 2.20 bits per heavy atom. The molecule has 5 nitrogen and oxygen atoms in total. The maximum absolute atomic E-state index is 11.5. The Morgan fingerprint density at radius 3 is 2.60 bits per heavy atom. The fourth-order valence-corrected chi connectivity index (χ4v) is 0.968. The second-order valence-electron chi connectivity index (χ2n) is 4.36. The first-order valence-corrected chi connectivity index (χ1v) is 4.75. The second-order valence-corrected chi connectivity index (χ2v) is 4.36. The van der Waals surface area contributed by atoms with E-state index in [1.807, 2.05) is 0 Å². The lowest BCUT2D eigenvalue weighted by Crippen LogP contribution is -2.26.